The van der Waals surface area contributed by atoms with Crippen molar-refractivity contribution in [3.8, 4) is 0 Å². The second kappa shape index (κ2) is 13.9. The largest absolute Gasteiger partial charge is 0.416 e. The van der Waals surface area contributed by atoms with E-state index in [9.17, 15) is 22.8 Å². The molecule has 0 atom stereocenters. The Hall–Kier alpha value is -4.48. The van der Waals surface area contributed by atoms with Gasteiger partial charge in [-0.1, -0.05) is 36.8 Å². The number of benzene rings is 2. The number of alkyl halides is 3. The fraction of sp³-hybridized carbons (Fsp3) is 0.406. The van der Waals surface area contributed by atoms with Gasteiger partial charge in [0.05, 0.1) is 5.56 Å². The van der Waals surface area contributed by atoms with Crippen molar-refractivity contribution in [2.24, 2.45) is 28.1 Å². The molecular formula is C32H40F3N7O2. The fourth-order valence-corrected chi connectivity index (χ4v) is 5.34. The lowest BCUT2D eigenvalue weighted by molar-refractivity contribution is -0.137. The Morgan fingerprint density at radius 3 is 2.32 bits per heavy atom. The monoisotopic (exact) mass is 611 g/mol. The summed E-state index contributed by atoms with van der Waals surface area (Å²) in [6, 6.07) is 12.5. The Bertz CT molecular complexity index is 1550. The highest BCUT2D eigenvalue weighted by Crippen LogP contribution is 2.31. The van der Waals surface area contributed by atoms with Gasteiger partial charge in [0.25, 0.3) is 5.91 Å². The number of carbonyl (C=O) groups is 2. The van der Waals surface area contributed by atoms with Crippen molar-refractivity contribution in [3.63, 3.8) is 0 Å². The van der Waals surface area contributed by atoms with Gasteiger partial charge in [0, 0.05) is 55.2 Å². The van der Waals surface area contributed by atoms with Crippen molar-refractivity contribution >= 4 is 34.4 Å². The number of nitrogens with one attached hydrogen (secondary N) is 1. The summed E-state index contributed by atoms with van der Waals surface area (Å²) in [5.41, 5.74) is 20.6. The molecule has 2 amide bonds. The zero-order chi connectivity index (χ0) is 32.0. The second-order valence-electron chi connectivity index (χ2n) is 11.1. The summed E-state index contributed by atoms with van der Waals surface area (Å²) in [7, 11) is 0. The fourth-order valence-electron chi connectivity index (χ4n) is 5.34. The van der Waals surface area contributed by atoms with Crippen LogP contribution in [-0.2, 0) is 17.5 Å². The average Bonchev–Trinajstić information content (AvgIpc) is 3.36. The molecule has 1 aliphatic rings. The standard InChI is InChI=1S/C32H40F3N7O2/c1-3-20(2)28(36)24-8-7-23-17-27(42(26(23)18-24)19-21-5-9-25(10-6-21)32(33,34)35)30(44)41-15-11-22(12-16-41)29(43)39-13-4-14-40-31(37)38/h5-10,17-18,22H,3-4,11-16,19,36H2,1-2H3,(H,39,43)(H4,37,38,40). The summed E-state index contributed by atoms with van der Waals surface area (Å²) in [4.78, 5) is 32.2. The Balaban J connectivity index is 1.56. The molecular weight excluding hydrogens is 571 g/mol. The molecule has 1 saturated heterocycles. The lowest BCUT2D eigenvalue weighted by atomic mass is 9.95. The molecule has 0 aliphatic carbocycles. The predicted molar refractivity (Wildman–Crippen MR) is 166 cm³/mol. The van der Waals surface area contributed by atoms with Crippen LogP contribution in [0, 0.1) is 5.92 Å². The van der Waals surface area contributed by atoms with Gasteiger partial charge in [0.2, 0.25) is 5.91 Å². The van der Waals surface area contributed by atoms with Crippen LogP contribution in [0.15, 0.2) is 59.1 Å². The van der Waals surface area contributed by atoms with Crippen LogP contribution in [0.1, 0.15) is 66.7 Å². The molecule has 1 aromatic heterocycles. The first-order valence-electron chi connectivity index (χ1n) is 14.8. The summed E-state index contributed by atoms with van der Waals surface area (Å²) in [5, 5.41) is 3.73. The number of fused-ring (bicyclic) bond motifs is 1. The highest BCUT2D eigenvalue weighted by Gasteiger charge is 2.31. The summed E-state index contributed by atoms with van der Waals surface area (Å²) >= 11 is 0. The molecule has 2 aromatic carbocycles. The third-order valence-electron chi connectivity index (χ3n) is 8.13. The van der Waals surface area contributed by atoms with E-state index in [4.69, 9.17) is 17.2 Å². The van der Waals surface area contributed by atoms with Crippen molar-refractivity contribution in [2.45, 2.75) is 52.3 Å². The highest BCUT2D eigenvalue weighted by molar-refractivity contribution is 5.99. The van der Waals surface area contributed by atoms with Gasteiger partial charge in [-0.05, 0) is 68.0 Å². The Labute approximate surface area is 255 Å². The third kappa shape index (κ3) is 7.72. The van der Waals surface area contributed by atoms with E-state index in [0.717, 1.165) is 40.6 Å². The molecule has 9 nitrogen and oxygen atoms in total. The summed E-state index contributed by atoms with van der Waals surface area (Å²) in [5.74, 6) is -0.447. The van der Waals surface area contributed by atoms with Crippen molar-refractivity contribution in [1.29, 1.82) is 0 Å². The van der Waals surface area contributed by atoms with E-state index >= 15 is 0 Å². The molecule has 0 saturated carbocycles. The smallest absolute Gasteiger partial charge is 0.398 e. The van der Waals surface area contributed by atoms with E-state index in [1.165, 1.54) is 12.1 Å². The highest BCUT2D eigenvalue weighted by atomic mass is 19.4. The van der Waals surface area contributed by atoms with Crippen LogP contribution < -0.4 is 22.5 Å². The minimum Gasteiger partial charge on any atom is -0.398 e. The molecule has 0 bridgehead atoms. The van der Waals surface area contributed by atoms with Crippen LogP contribution in [0.2, 0.25) is 0 Å². The van der Waals surface area contributed by atoms with Crippen LogP contribution in [0.4, 0.5) is 13.2 Å². The van der Waals surface area contributed by atoms with Gasteiger partial charge in [-0.25, -0.2) is 0 Å². The summed E-state index contributed by atoms with van der Waals surface area (Å²) < 4.78 is 41.4. The van der Waals surface area contributed by atoms with Gasteiger partial charge in [-0.3, -0.25) is 14.6 Å². The SMILES string of the molecule is CCC(C)=C(N)c1ccc2cc(C(=O)N3CCC(C(=O)NCCCN=C(N)N)CC3)n(Cc3ccc(C(F)(F)F)cc3)c2c1. The molecule has 2 heterocycles. The molecule has 236 valence electrons. The quantitative estimate of drug-likeness (QED) is 0.152. The first kappa shape index (κ1) is 32.4. The molecule has 0 spiro atoms. The normalized spacial score (nSPS) is 14.8. The van der Waals surface area contributed by atoms with Crippen LogP contribution in [0.25, 0.3) is 16.6 Å². The summed E-state index contributed by atoms with van der Waals surface area (Å²) in [6.07, 6.45) is -2.00. The van der Waals surface area contributed by atoms with E-state index in [0.29, 0.717) is 62.4 Å². The van der Waals surface area contributed by atoms with Gasteiger partial charge in [0.15, 0.2) is 5.96 Å². The first-order valence-corrected chi connectivity index (χ1v) is 14.8. The van der Waals surface area contributed by atoms with Crippen molar-refractivity contribution in [3.05, 3.63) is 76.5 Å². The number of allylic oxidation sites excluding steroid dienone is 1. The molecule has 12 heteroatoms. The molecule has 1 aliphatic heterocycles. The number of carbonyl (C=O) groups excluding carboxylic acids is 2. The Morgan fingerprint density at radius 2 is 1.70 bits per heavy atom. The summed E-state index contributed by atoms with van der Waals surface area (Å²) in [6.45, 7) is 5.88. The minimum atomic E-state index is -4.44. The van der Waals surface area contributed by atoms with Gasteiger partial charge in [-0.15, -0.1) is 0 Å². The van der Waals surface area contributed by atoms with Crippen molar-refractivity contribution < 1.29 is 22.8 Å². The molecule has 3 aromatic rings. The maximum atomic E-state index is 13.9. The van der Waals surface area contributed by atoms with Gasteiger partial charge >= 0.3 is 6.18 Å². The van der Waals surface area contributed by atoms with E-state index in [2.05, 4.69) is 10.3 Å². The maximum Gasteiger partial charge on any atom is 0.416 e. The Kier molecular flexibility index (Phi) is 10.2. The van der Waals surface area contributed by atoms with E-state index < -0.39 is 11.7 Å². The number of guanidine groups is 1. The van der Waals surface area contributed by atoms with Crippen LogP contribution in [0.3, 0.4) is 0 Å². The van der Waals surface area contributed by atoms with Crippen LogP contribution >= 0.6 is 0 Å². The lowest BCUT2D eigenvalue weighted by Gasteiger charge is -2.31. The topological polar surface area (TPSA) is 145 Å². The van der Waals surface area contributed by atoms with Crippen LogP contribution in [-0.4, -0.2) is 53.4 Å². The molecule has 4 rings (SSSR count). The minimum absolute atomic E-state index is 0.0137. The molecule has 0 unspecified atom stereocenters. The van der Waals surface area contributed by atoms with E-state index in [1.54, 1.807) is 4.90 Å². The number of piperidine rings is 1. The number of aliphatic imine (C=N–C) groups is 1. The number of nitrogens with two attached hydrogens (primary N) is 3. The lowest BCUT2D eigenvalue weighted by Crippen LogP contribution is -2.43. The number of amides is 2. The van der Waals surface area contributed by atoms with E-state index in [-0.39, 0.29) is 30.2 Å². The predicted octanol–water partition coefficient (Wildman–Crippen LogP) is 4.44. The number of nitrogens with zero attached hydrogens (tertiary/aromatic N) is 3. The number of halogens is 3. The third-order valence-corrected chi connectivity index (χ3v) is 8.13. The first-order chi connectivity index (χ1) is 20.9. The van der Waals surface area contributed by atoms with E-state index in [1.807, 2.05) is 42.7 Å². The molecule has 0 radical (unpaired) electrons. The van der Waals surface area contributed by atoms with Crippen LogP contribution in [0.5, 0.6) is 0 Å². The molecule has 7 N–H and O–H groups in total. The molecule has 1 fully saturated rings. The van der Waals surface area contributed by atoms with Gasteiger partial charge in [-0.2, -0.15) is 13.2 Å². The zero-order valence-electron chi connectivity index (χ0n) is 25.1. The molecule has 44 heavy (non-hydrogen) atoms. The van der Waals surface area contributed by atoms with Crippen molar-refractivity contribution in [2.75, 3.05) is 26.2 Å². The second-order valence-corrected chi connectivity index (χ2v) is 11.1. The average molecular weight is 612 g/mol. The zero-order valence-corrected chi connectivity index (χ0v) is 25.1. The maximum absolute atomic E-state index is 13.9. The number of hydrogen-bond acceptors (Lipinski definition) is 4. The number of aromatic nitrogens is 1. The number of likely N-dealkylation sites (tertiary alicyclic amines) is 1. The van der Waals surface area contributed by atoms with Crippen molar-refractivity contribution in [1.82, 2.24) is 14.8 Å². The number of hydrogen-bond donors (Lipinski definition) is 4. The van der Waals surface area contributed by atoms with Gasteiger partial charge < -0.3 is 32.0 Å². The van der Waals surface area contributed by atoms with Gasteiger partial charge in [0.1, 0.15) is 5.69 Å². The number of rotatable bonds is 10. The Morgan fingerprint density at radius 1 is 1.02 bits per heavy atom.